The molecular formula is C18H36O18. The minimum Gasteiger partial charge on any atom is -0.412 e. The average Bonchev–Trinajstić information content (AvgIpc) is 3.10. The molecule has 0 radical (unpaired) electrons. The maximum Gasteiger partial charge on any atom is 0.224 e. The number of aliphatic hydroxyl groups is 11. The van der Waals surface area contributed by atoms with Crippen molar-refractivity contribution in [3.8, 4) is 0 Å². The van der Waals surface area contributed by atoms with E-state index in [0.29, 0.717) is 0 Å². The Bertz CT molecular complexity index is 654. The zero-order valence-electron chi connectivity index (χ0n) is 18.8. The Balaban J connectivity index is 0.00000324. The molecule has 36 heavy (non-hydrogen) atoms. The zero-order chi connectivity index (χ0) is 25.4. The summed E-state index contributed by atoms with van der Waals surface area (Å²) in [4.78, 5) is 0. The van der Waals surface area contributed by atoms with Gasteiger partial charge in [0, 0.05) is 0 Å². The van der Waals surface area contributed by atoms with Crippen LogP contribution in [-0.4, -0.2) is 179 Å². The normalized spacial score (nSPS) is 49.2. The largest absolute Gasteiger partial charge is 0.412 e. The van der Waals surface area contributed by atoms with E-state index in [2.05, 4.69) is 0 Å². The van der Waals surface area contributed by atoms with Crippen LogP contribution >= 0.6 is 0 Å². The standard InChI is InChI=1S/C18H32O16.2H2O/c19-1-5-8(23)11(26)13(28)16(30-5)32-15-10(25)7(3-21)33-18(15,4-22)34-17-14(29)12(27)9(24)6(2-20)31-17;;/h5-17,19-29H,1-4H2;2*1H2/t5?,6?,7?,8?,9?,10?,11?,12?,13?,14?,15?,16?,17?,18-;;/m0../s1. The van der Waals surface area contributed by atoms with Crippen molar-refractivity contribution in [2.45, 2.75) is 85.5 Å². The third-order valence-corrected chi connectivity index (χ3v) is 6.17. The maximum absolute atomic E-state index is 10.6. The molecule has 0 aromatic rings. The van der Waals surface area contributed by atoms with Crippen LogP contribution < -0.4 is 0 Å². The molecule has 14 atom stereocenters. The van der Waals surface area contributed by atoms with Gasteiger partial charge in [0.15, 0.2) is 12.6 Å². The highest BCUT2D eigenvalue weighted by molar-refractivity contribution is 5.01. The summed E-state index contributed by atoms with van der Waals surface area (Å²) in [5.41, 5.74) is 0. The van der Waals surface area contributed by atoms with Crippen molar-refractivity contribution in [2.75, 3.05) is 26.4 Å². The fraction of sp³-hybridized carbons (Fsp3) is 1.00. The van der Waals surface area contributed by atoms with Crippen molar-refractivity contribution in [3.05, 3.63) is 0 Å². The van der Waals surface area contributed by atoms with Gasteiger partial charge in [0.1, 0.15) is 73.8 Å². The van der Waals surface area contributed by atoms with Crippen molar-refractivity contribution in [2.24, 2.45) is 0 Å². The molecule has 3 fully saturated rings. The van der Waals surface area contributed by atoms with Gasteiger partial charge in [0.2, 0.25) is 5.79 Å². The maximum atomic E-state index is 10.6. The highest BCUT2D eigenvalue weighted by Crippen LogP contribution is 2.39. The molecular weight excluding hydrogens is 504 g/mol. The van der Waals surface area contributed by atoms with E-state index in [1.54, 1.807) is 0 Å². The molecule has 13 unspecified atom stereocenters. The van der Waals surface area contributed by atoms with Gasteiger partial charge in [-0.1, -0.05) is 0 Å². The van der Waals surface area contributed by atoms with Crippen molar-refractivity contribution in [3.63, 3.8) is 0 Å². The average molecular weight is 540 g/mol. The van der Waals surface area contributed by atoms with Gasteiger partial charge in [0.05, 0.1) is 19.8 Å². The van der Waals surface area contributed by atoms with Gasteiger partial charge in [-0.15, -0.1) is 0 Å². The number of rotatable bonds is 8. The van der Waals surface area contributed by atoms with Gasteiger partial charge < -0.3 is 90.8 Å². The zero-order valence-corrected chi connectivity index (χ0v) is 18.8. The first kappa shape index (κ1) is 33.3. The lowest BCUT2D eigenvalue weighted by molar-refractivity contribution is -0.400. The van der Waals surface area contributed by atoms with Crippen LogP contribution in [0.15, 0.2) is 0 Å². The third kappa shape index (κ3) is 5.96. The van der Waals surface area contributed by atoms with E-state index in [0.717, 1.165) is 0 Å². The summed E-state index contributed by atoms with van der Waals surface area (Å²) in [5.74, 6) is -2.43. The van der Waals surface area contributed by atoms with Crippen LogP contribution in [0.3, 0.4) is 0 Å². The van der Waals surface area contributed by atoms with Crippen LogP contribution in [0.4, 0.5) is 0 Å². The quantitative estimate of drug-likeness (QED) is 0.136. The van der Waals surface area contributed by atoms with Crippen LogP contribution in [-0.2, 0) is 23.7 Å². The Morgan fingerprint density at radius 2 is 1.00 bits per heavy atom. The second-order valence-corrected chi connectivity index (χ2v) is 8.37. The summed E-state index contributed by atoms with van der Waals surface area (Å²) in [6, 6.07) is 0. The Labute approximate surface area is 203 Å². The topological polar surface area (TPSA) is 332 Å². The van der Waals surface area contributed by atoms with Crippen molar-refractivity contribution < 1.29 is 90.8 Å². The molecule has 0 saturated carbocycles. The lowest BCUT2D eigenvalue weighted by Gasteiger charge is -2.45. The molecule has 216 valence electrons. The Hall–Kier alpha value is -0.720. The molecule has 3 aliphatic rings. The minimum atomic E-state index is -2.43. The third-order valence-electron chi connectivity index (χ3n) is 6.17. The van der Waals surface area contributed by atoms with Gasteiger partial charge in [-0.2, -0.15) is 0 Å². The van der Waals surface area contributed by atoms with Crippen LogP contribution in [0.5, 0.6) is 0 Å². The molecule has 0 amide bonds. The summed E-state index contributed by atoms with van der Waals surface area (Å²) in [5, 5.41) is 109. The first-order chi connectivity index (χ1) is 16.0. The van der Waals surface area contributed by atoms with Gasteiger partial charge in [-0.25, -0.2) is 0 Å². The summed E-state index contributed by atoms with van der Waals surface area (Å²) in [7, 11) is 0. The van der Waals surface area contributed by atoms with Gasteiger partial charge >= 0.3 is 0 Å². The first-order valence-electron chi connectivity index (χ1n) is 10.6. The summed E-state index contributed by atoms with van der Waals surface area (Å²) in [6.45, 7) is -3.49. The van der Waals surface area contributed by atoms with Crippen molar-refractivity contribution in [1.82, 2.24) is 0 Å². The van der Waals surface area contributed by atoms with E-state index in [4.69, 9.17) is 23.7 Å². The molecule has 15 N–H and O–H groups in total. The molecule has 0 spiro atoms. The smallest absolute Gasteiger partial charge is 0.224 e. The van der Waals surface area contributed by atoms with E-state index in [1.165, 1.54) is 0 Å². The van der Waals surface area contributed by atoms with E-state index in [-0.39, 0.29) is 11.0 Å². The lowest BCUT2D eigenvalue weighted by atomic mass is 9.98. The lowest BCUT2D eigenvalue weighted by Crippen LogP contribution is -2.64. The first-order valence-corrected chi connectivity index (χ1v) is 10.6. The summed E-state index contributed by atoms with van der Waals surface area (Å²) in [6.07, 6.45) is -22.3. The molecule has 18 nitrogen and oxygen atoms in total. The Morgan fingerprint density at radius 1 is 0.556 bits per heavy atom. The fourth-order valence-corrected chi connectivity index (χ4v) is 4.12. The second kappa shape index (κ2) is 13.4. The Morgan fingerprint density at radius 3 is 1.44 bits per heavy atom. The summed E-state index contributed by atoms with van der Waals surface area (Å²) >= 11 is 0. The molecule has 0 aromatic heterocycles. The number of hydrogen-bond donors (Lipinski definition) is 11. The van der Waals surface area contributed by atoms with E-state index in [9.17, 15) is 56.2 Å². The molecule has 3 heterocycles. The monoisotopic (exact) mass is 540 g/mol. The highest BCUT2D eigenvalue weighted by Gasteiger charge is 2.61. The van der Waals surface area contributed by atoms with Crippen LogP contribution in [0.1, 0.15) is 0 Å². The van der Waals surface area contributed by atoms with Gasteiger partial charge in [-0.3, -0.25) is 0 Å². The molecule has 3 aliphatic heterocycles. The van der Waals surface area contributed by atoms with Crippen LogP contribution in [0.2, 0.25) is 0 Å². The van der Waals surface area contributed by atoms with E-state index >= 15 is 0 Å². The highest BCUT2D eigenvalue weighted by atomic mass is 16.8. The van der Waals surface area contributed by atoms with Crippen LogP contribution in [0.25, 0.3) is 0 Å². The number of hydrogen-bond acceptors (Lipinski definition) is 16. The van der Waals surface area contributed by atoms with Crippen molar-refractivity contribution in [1.29, 1.82) is 0 Å². The molecule has 3 rings (SSSR count). The van der Waals surface area contributed by atoms with Gasteiger partial charge in [0.25, 0.3) is 0 Å². The summed E-state index contributed by atoms with van der Waals surface area (Å²) < 4.78 is 27.0. The van der Waals surface area contributed by atoms with Crippen LogP contribution in [0, 0.1) is 0 Å². The molecule has 0 aliphatic carbocycles. The molecule has 0 bridgehead atoms. The second-order valence-electron chi connectivity index (χ2n) is 8.37. The molecule has 3 saturated heterocycles. The van der Waals surface area contributed by atoms with Crippen molar-refractivity contribution >= 4 is 0 Å². The minimum absolute atomic E-state index is 0. The SMILES string of the molecule is O.O.OCC1OC(OC2C(O)C(CO)O[C@@]2(CO)OC2OC(CO)C(O)C(O)C2O)C(O)C(O)C1O. The van der Waals surface area contributed by atoms with Gasteiger partial charge in [-0.05, 0) is 0 Å². The number of aliphatic hydroxyl groups excluding tert-OH is 11. The fourth-order valence-electron chi connectivity index (χ4n) is 4.12. The molecule has 0 aromatic carbocycles. The predicted molar refractivity (Wildman–Crippen MR) is 109 cm³/mol. The van der Waals surface area contributed by atoms with E-state index in [1.807, 2.05) is 0 Å². The predicted octanol–water partition coefficient (Wildman–Crippen LogP) is -9.22. The number of ether oxygens (including phenoxy) is 5. The van der Waals surface area contributed by atoms with E-state index < -0.39 is 112 Å². The molecule has 18 heteroatoms. The Kier molecular flexibility index (Phi) is 12.4.